The van der Waals surface area contributed by atoms with Crippen LogP contribution in [0.4, 0.5) is 0 Å². The average Bonchev–Trinajstić information content (AvgIpc) is 3.06. The van der Waals surface area contributed by atoms with E-state index in [-0.39, 0.29) is 5.91 Å². The summed E-state index contributed by atoms with van der Waals surface area (Å²) in [4.78, 5) is 13.9. The smallest absolute Gasteiger partial charge is 0.274 e. The van der Waals surface area contributed by atoms with Crippen molar-refractivity contribution in [2.45, 2.75) is 26.7 Å². The maximum absolute atomic E-state index is 12.3. The monoisotopic (exact) mass is 311 g/mol. The molecule has 2 aromatic heterocycles. The van der Waals surface area contributed by atoms with E-state index in [1.54, 1.807) is 46.9 Å². The number of hydrogen-bond donors (Lipinski definition) is 0. The van der Waals surface area contributed by atoms with Crippen molar-refractivity contribution in [2.24, 2.45) is 0 Å². The van der Waals surface area contributed by atoms with Crippen molar-refractivity contribution in [1.29, 1.82) is 0 Å². The van der Waals surface area contributed by atoms with Gasteiger partial charge in [0.2, 0.25) is 0 Å². The molecule has 0 saturated heterocycles. The summed E-state index contributed by atoms with van der Waals surface area (Å²) >= 11 is 6.11. The summed E-state index contributed by atoms with van der Waals surface area (Å²) in [6.07, 6.45) is 3.29. The normalized spacial score (nSPS) is 10.9. The molecule has 114 valence electrons. The molecule has 21 heavy (non-hydrogen) atoms. The van der Waals surface area contributed by atoms with Crippen LogP contribution in [-0.4, -0.2) is 44.5 Å². The maximum atomic E-state index is 12.3. The molecule has 0 bridgehead atoms. The Hall–Kier alpha value is -1.86. The molecular formula is C13H18ClN5O2. The van der Waals surface area contributed by atoms with Gasteiger partial charge in [-0.15, -0.1) is 0 Å². The zero-order valence-electron chi connectivity index (χ0n) is 12.3. The number of methoxy groups -OCH3 is 1. The van der Waals surface area contributed by atoms with Gasteiger partial charge in [-0.1, -0.05) is 11.6 Å². The summed E-state index contributed by atoms with van der Waals surface area (Å²) in [6, 6.07) is 1.66. The Morgan fingerprint density at radius 3 is 2.95 bits per heavy atom. The number of nitrogens with zero attached hydrogens (tertiary/aromatic N) is 5. The van der Waals surface area contributed by atoms with Gasteiger partial charge in [0, 0.05) is 26.9 Å². The van der Waals surface area contributed by atoms with E-state index >= 15 is 0 Å². The molecule has 0 atom stereocenters. The highest BCUT2D eigenvalue weighted by Crippen LogP contribution is 2.17. The molecule has 0 aliphatic rings. The summed E-state index contributed by atoms with van der Waals surface area (Å²) in [7, 11) is 3.28. The molecule has 2 aromatic rings. The molecule has 7 nitrogen and oxygen atoms in total. The van der Waals surface area contributed by atoms with Crippen LogP contribution in [-0.2, 0) is 24.6 Å². The topological polar surface area (TPSA) is 65.2 Å². The van der Waals surface area contributed by atoms with Crippen molar-refractivity contribution >= 4 is 17.5 Å². The first kappa shape index (κ1) is 15.5. The number of ether oxygens (including phenoxy) is 1. The van der Waals surface area contributed by atoms with Crippen molar-refractivity contribution in [1.82, 2.24) is 24.5 Å². The minimum absolute atomic E-state index is 0.176. The first-order valence-electron chi connectivity index (χ1n) is 6.54. The molecule has 0 unspecified atom stereocenters. The highest BCUT2D eigenvalue weighted by atomic mass is 35.5. The number of carbonyl (C=O) groups is 1. The molecule has 8 heteroatoms. The lowest BCUT2D eigenvalue weighted by atomic mass is 10.3. The molecule has 2 heterocycles. The molecule has 0 aromatic carbocycles. The Morgan fingerprint density at radius 1 is 1.52 bits per heavy atom. The van der Waals surface area contributed by atoms with Crippen LogP contribution in [0.15, 0.2) is 18.5 Å². The lowest BCUT2D eigenvalue weighted by Gasteiger charge is -2.17. The summed E-state index contributed by atoms with van der Waals surface area (Å²) < 4.78 is 8.29. The minimum Gasteiger partial charge on any atom is -0.362 e. The third-order valence-electron chi connectivity index (χ3n) is 3.05. The first-order chi connectivity index (χ1) is 10.1. The van der Waals surface area contributed by atoms with Crippen molar-refractivity contribution in [3.05, 3.63) is 34.9 Å². The van der Waals surface area contributed by atoms with Gasteiger partial charge in [0.15, 0.2) is 0 Å². The number of carbonyl (C=O) groups excluding carboxylic acids is 1. The fourth-order valence-corrected chi connectivity index (χ4v) is 2.19. The predicted molar refractivity (Wildman–Crippen MR) is 77.9 cm³/mol. The number of rotatable bonds is 6. The van der Waals surface area contributed by atoms with E-state index in [1.807, 2.05) is 6.92 Å². The second-order valence-corrected chi connectivity index (χ2v) is 4.98. The van der Waals surface area contributed by atoms with Crippen molar-refractivity contribution in [3.8, 4) is 0 Å². The maximum Gasteiger partial charge on any atom is 0.274 e. The Balaban J connectivity index is 2.09. The van der Waals surface area contributed by atoms with Gasteiger partial charge in [0.25, 0.3) is 5.91 Å². The second kappa shape index (κ2) is 6.73. The average molecular weight is 312 g/mol. The van der Waals surface area contributed by atoms with E-state index in [1.165, 1.54) is 0 Å². The van der Waals surface area contributed by atoms with E-state index in [2.05, 4.69) is 10.2 Å². The van der Waals surface area contributed by atoms with Crippen molar-refractivity contribution < 1.29 is 9.53 Å². The van der Waals surface area contributed by atoms with Crippen molar-refractivity contribution in [3.63, 3.8) is 0 Å². The molecule has 1 amide bonds. The molecule has 0 N–H and O–H groups in total. The Labute approximate surface area is 128 Å². The summed E-state index contributed by atoms with van der Waals surface area (Å²) in [5, 5.41) is 8.88. The number of aryl methyl sites for hydroxylation is 1. The Bertz CT molecular complexity index is 622. The molecule has 0 radical (unpaired) electrons. The Morgan fingerprint density at radius 2 is 2.29 bits per heavy atom. The van der Waals surface area contributed by atoms with Crippen LogP contribution < -0.4 is 0 Å². The van der Waals surface area contributed by atoms with Gasteiger partial charge in [-0.2, -0.15) is 10.2 Å². The van der Waals surface area contributed by atoms with Crippen LogP contribution in [0.2, 0.25) is 5.02 Å². The lowest BCUT2D eigenvalue weighted by molar-refractivity contribution is 0.0770. The highest BCUT2D eigenvalue weighted by Gasteiger charge is 2.18. The van der Waals surface area contributed by atoms with Crippen LogP contribution in [0.25, 0.3) is 0 Å². The van der Waals surface area contributed by atoms with E-state index < -0.39 is 0 Å². The van der Waals surface area contributed by atoms with Crippen LogP contribution in [0, 0.1) is 0 Å². The minimum atomic E-state index is -0.176. The van der Waals surface area contributed by atoms with E-state index in [0.717, 1.165) is 5.69 Å². The summed E-state index contributed by atoms with van der Waals surface area (Å²) in [5.41, 5.74) is 1.18. The van der Waals surface area contributed by atoms with E-state index in [0.29, 0.717) is 30.5 Å². The SMILES string of the molecule is CCn1ncc(Cl)c1CN(C)C(=O)c1ccn(COC)n1. The zero-order chi connectivity index (χ0) is 15.4. The largest absolute Gasteiger partial charge is 0.362 e. The van der Waals surface area contributed by atoms with E-state index in [4.69, 9.17) is 16.3 Å². The van der Waals surface area contributed by atoms with Crippen LogP contribution in [0.1, 0.15) is 23.1 Å². The van der Waals surface area contributed by atoms with Crippen molar-refractivity contribution in [2.75, 3.05) is 14.2 Å². The molecule has 0 aliphatic carbocycles. The number of amides is 1. The van der Waals surface area contributed by atoms with Gasteiger partial charge in [-0.25, -0.2) is 4.68 Å². The Kier molecular flexibility index (Phi) is 4.98. The number of halogens is 1. The number of aromatic nitrogens is 4. The van der Waals surface area contributed by atoms with Gasteiger partial charge in [0.05, 0.1) is 23.5 Å². The lowest BCUT2D eigenvalue weighted by Crippen LogP contribution is -2.28. The quantitative estimate of drug-likeness (QED) is 0.813. The van der Waals surface area contributed by atoms with Crippen LogP contribution >= 0.6 is 11.6 Å². The molecule has 0 aliphatic heterocycles. The highest BCUT2D eigenvalue weighted by molar-refractivity contribution is 6.31. The zero-order valence-corrected chi connectivity index (χ0v) is 13.0. The van der Waals surface area contributed by atoms with Gasteiger partial charge < -0.3 is 9.64 Å². The number of hydrogen-bond acceptors (Lipinski definition) is 4. The molecule has 0 saturated carbocycles. The third-order valence-corrected chi connectivity index (χ3v) is 3.37. The second-order valence-electron chi connectivity index (χ2n) is 4.57. The molecule has 0 spiro atoms. The van der Waals surface area contributed by atoms with Crippen LogP contribution in [0.5, 0.6) is 0 Å². The molecule has 2 rings (SSSR count). The fourth-order valence-electron chi connectivity index (χ4n) is 1.99. The first-order valence-corrected chi connectivity index (χ1v) is 6.92. The van der Waals surface area contributed by atoms with Gasteiger partial charge in [-0.05, 0) is 13.0 Å². The van der Waals surface area contributed by atoms with Gasteiger partial charge >= 0.3 is 0 Å². The van der Waals surface area contributed by atoms with E-state index in [9.17, 15) is 4.79 Å². The third kappa shape index (κ3) is 3.43. The fraction of sp³-hybridized carbons (Fsp3) is 0.462. The van der Waals surface area contributed by atoms with Gasteiger partial charge in [-0.3, -0.25) is 9.48 Å². The predicted octanol–water partition coefficient (Wildman–Crippen LogP) is 1.63. The molecule has 0 fully saturated rings. The summed E-state index contributed by atoms with van der Waals surface area (Å²) in [5.74, 6) is -0.176. The standard InChI is InChI=1S/C13H18ClN5O2/c1-4-19-12(10(14)7-15-19)8-17(2)13(20)11-5-6-18(16-11)9-21-3/h5-7H,4,8-9H2,1-3H3. The van der Waals surface area contributed by atoms with Crippen LogP contribution in [0.3, 0.4) is 0 Å². The summed E-state index contributed by atoms with van der Waals surface area (Å²) in [6.45, 7) is 3.36. The van der Waals surface area contributed by atoms with Gasteiger partial charge in [0.1, 0.15) is 12.4 Å². The molecular weight excluding hydrogens is 294 g/mol.